The Morgan fingerprint density at radius 1 is 0.709 bits per heavy atom. The third kappa shape index (κ3) is 7.97. The second-order valence-corrected chi connectivity index (χ2v) is 14.0. The van der Waals surface area contributed by atoms with Crippen molar-refractivity contribution in [1.82, 2.24) is 4.57 Å². The molecule has 3 atom stereocenters. The number of rotatable bonds is 12. The minimum atomic E-state index is -0.0559. The number of benzene rings is 4. The standard InChI is InChI=1S/C52H47N3/c1-6-44(55-50-25-14-12-22-47(50)48-23-13-15-26-51(48)55)34-29-37(3)41-32-30-40(31-33-41)36(2)27-28-38(4)49(54-52(53)43-18-8-7-9-19-43)35-39(5)45-24-16-20-42-17-10-11-21-46(42)45/h6-35,38,45-46H,2-3,5H2,1,4H3,(H2,53,54)/b28-27-,34-29-,44-6+,49-35-/t38-,45?,46-/m1/s1. The fourth-order valence-electron chi connectivity index (χ4n) is 7.33. The maximum Gasteiger partial charge on any atom is 0.130 e. The molecule has 270 valence electrons. The molecule has 2 aliphatic carbocycles. The minimum absolute atomic E-state index is 0.0559. The molecule has 1 heterocycles. The van der Waals surface area contributed by atoms with E-state index < -0.39 is 0 Å². The Kier molecular flexibility index (Phi) is 11.0. The highest BCUT2D eigenvalue weighted by atomic mass is 15.0. The zero-order valence-electron chi connectivity index (χ0n) is 31.6. The zero-order valence-corrected chi connectivity index (χ0v) is 31.6. The van der Waals surface area contributed by atoms with Gasteiger partial charge in [0.15, 0.2) is 0 Å². The zero-order chi connectivity index (χ0) is 38.3. The Morgan fingerprint density at radius 3 is 1.98 bits per heavy atom. The van der Waals surface area contributed by atoms with E-state index in [4.69, 9.17) is 10.7 Å². The molecule has 55 heavy (non-hydrogen) atoms. The summed E-state index contributed by atoms with van der Waals surface area (Å²) in [5, 5.41) is 2.49. The Balaban J connectivity index is 1.07. The molecular formula is C52H47N3. The van der Waals surface area contributed by atoms with E-state index in [9.17, 15) is 0 Å². The molecule has 0 bridgehead atoms. The predicted octanol–water partition coefficient (Wildman–Crippen LogP) is 12.8. The highest BCUT2D eigenvalue weighted by molar-refractivity contribution is 6.10. The fourth-order valence-corrected chi connectivity index (χ4v) is 7.33. The van der Waals surface area contributed by atoms with Crippen LogP contribution in [-0.4, -0.2) is 10.4 Å². The summed E-state index contributed by atoms with van der Waals surface area (Å²) < 4.78 is 2.32. The van der Waals surface area contributed by atoms with Crippen LogP contribution < -0.4 is 5.73 Å². The molecule has 0 saturated heterocycles. The largest absolute Gasteiger partial charge is 0.383 e. The van der Waals surface area contributed by atoms with E-state index >= 15 is 0 Å². The van der Waals surface area contributed by atoms with Gasteiger partial charge in [0.05, 0.1) is 11.0 Å². The fraction of sp³-hybridized carbons (Fsp3) is 0.0962. The van der Waals surface area contributed by atoms with E-state index in [0.29, 0.717) is 5.84 Å². The smallest absolute Gasteiger partial charge is 0.130 e. The number of allylic oxidation sites excluding steroid dienone is 18. The average Bonchev–Trinajstić information content (AvgIpc) is 3.57. The first kappa shape index (κ1) is 36.6. The summed E-state index contributed by atoms with van der Waals surface area (Å²) in [4.78, 5) is 4.97. The van der Waals surface area contributed by atoms with Crippen molar-refractivity contribution in [3.63, 3.8) is 0 Å². The molecule has 7 rings (SSSR count). The van der Waals surface area contributed by atoms with Crippen molar-refractivity contribution in [2.75, 3.05) is 0 Å². The van der Waals surface area contributed by atoms with Gasteiger partial charge in [-0.05, 0) is 64.6 Å². The summed E-state index contributed by atoms with van der Waals surface area (Å²) >= 11 is 0. The van der Waals surface area contributed by atoms with Gasteiger partial charge in [0.2, 0.25) is 0 Å². The third-order valence-electron chi connectivity index (χ3n) is 10.4. The maximum atomic E-state index is 6.57. The lowest BCUT2D eigenvalue weighted by atomic mass is 9.76. The van der Waals surface area contributed by atoms with Crippen molar-refractivity contribution in [2.45, 2.75) is 13.8 Å². The quantitative estimate of drug-likeness (QED) is 0.0781. The van der Waals surface area contributed by atoms with Crippen molar-refractivity contribution < 1.29 is 0 Å². The van der Waals surface area contributed by atoms with E-state index in [1.165, 1.54) is 27.4 Å². The Bertz CT molecular complexity index is 2500. The lowest BCUT2D eigenvalue weighted by Crippen LogP contribution is -2.18. The number of fused-ring (bicyclic) bond motifs is 4. The second kappa shape index (κ2) is 16.5. The van der Waals surface area contributed by atoms with Gasteiger partial charge < -0.3 is 10.3 Å². The number of para-hydroxylation sites is 2. The molecule has 0 saturated carbocycles. The number of hydrogen-bond acceptors (Lipinski definition) is 1. The van der Waals surface area contributed by atoms with Crippen molar-refractivity contribution in [2.24, 2.45) is 28.5 Å². The maximum absolute atomic E-state index is 6.57. The Labute approximate surface area is 325 Å². The van der Waals surface area contributed by atoms with Gasteiger partial charge in [-0.15, -0.1) is 0 Å². The molecule has 0 amide bonds. The van der Waals surface area contributed by atoms with Crippen LogP contribution in [0.15, 0.2) is 224 Å². The first-order valence-electron chi connectivity index (χ1n) is 18.9. The van der Waals surface area contributed by atoms with Gasteiger partial charge in [-0.1, -0.05) is 184 Å². The lowest BCUT2D eigenvalue weighted by Gasteiger charge is -2.28. The molecule has 4 aromatic carbocycles. The monoisotopic (exact) mass is 713 g/mol. The van der Waals surface area contributed by atoms with Crippen molar-refractivity contribution in [1.29, 1.82) is 0 Å². The molecule has 2 N–H and O–H groups in total. The summed E-state index contributed by atoms with van der Waals surface area (Å²) in [7, 11) is 0. The molecule has 0 fully saturated rings. The molecule has 5 aromatic rings. The van der Waals surface area contributed by atoms with Crippen LogP contribution >= 0.6 is 0 Å². The number of aliphatic imine (C=N–C) groups is 1. The second-order valence-electron chi connectivity index (χ2n) is 14.0. The van der Waals surface area contributed by atoms with E-state index in [1.807, 2.05) is 30.3 Å². The van der Waals surface area contributed by atoms with Gasteiger partial charge in [-0.25, -0.2) is 4.99 Å². The summed E-state index contributed by atoms with van der Waals surface area (Å²) in [6.07, 6.45) is 27.8. The van der Waals surface area contributed by atoms with Crippen molar-refractivity contribution in [3.05, 3.63) is 235 Å². The van der Waals surface area contributed by atoms with E-state index in [0.717, 1.165) is 44.8 Å². The van der Waals surface area contributed by atoms with Crippen LogP contribution in [0.5, 0.6) is 0 Å². The van der Waals surface area contributed by atoms with Gasteiger partial charge in [0, 0.05) is 45.5 Å². The Morgan fingerprint density at radius 2 is 1.33 bits per heavy atom. The van der Waals surface area contributed by atoms with Gasteiger partial charge in [-0.2, -0.15) is 0 Å². The molecule has 3 nitrogen and oxygen atoms in total. The van der Waals surface area contributed by atoms with Crippen LogP contribution in [0.2, 0.25) is 0 Å². The minimum Gasteiger partial charge on any atom is -0.383 e. The molecular weight excluding hydrogens is 667 g/mol. The molecule has 1 unspecified atom stereocenters. The van der Waals surface area contributed by atoms with Crippen molar-refractivity contribution in [3.8, 4) is 0 Å². The molecule has 0 aliphatic heterocycles. The summed E-state index contributed by atoms with van der Waals surface area (Å²) in [6, 6.07) is 35.4. The summed E-state index contributed by atoms with van der Waals surface area (Å²) in [5.74, 6) is 0.804. The highest BCUT2D eigenvalue weighted by Gasteiger charge is 2.25. The van der Waals surface area contributed by atoms with Gasteiger partial charge >= 0.3 is 0 Å². The van der Waals surface area contributed by atoms with Crippen LogP contribution in [0.4, 0.5) is 0 Å². The topological polar surface area (TPSA) is 43.3 Å². The SMILES string of the molecule is C=C(/C=C\C(=C/C)n1c2ccccc2c2ccccc21)c1ccc(C(=C)/C=C\[C@@H](C)C(=C/C(=C)C2C=CC=C3C=CC=C[C@H]32)/N=C(\N)c2ccccc2)cc1. The lowest BCUT2D eigenvalue weighted by molar-refractivity contribution is 0.618. The van der Waals surface area contributed by atoms with E-state index in [-0.39, 0.29) is 17.8 Å². The van der Waals surface area contributed by atoms with Crippen molar-refractivity contribution >= 4 is 44.5 Å². The first-order chi connectivity index (χ1) is 26.8. The first-order valence-corrected chi connectivity index (χ1v) is 18.9. The summed E-state index contributed by atoms with van der Waals surface area (Å²) in [6.45, 7) is 17.5. The highest BCUT2D eigenvalue weighted by Crippen LogP contribution is 2.37. The normalized spacial score (nSPS) is 17.9. The van der Waals surface area contributed by atoms with Gasteiger partial charge in [-0.3, -0.25) is 0 Å². The molecule has 3 heteroatoms. The van der Waals surface area contributed by atoms with Crippen LogP contribution in [0, 0.1) is 17.8 Å². The van der Waals surface area contributed by atoms with Gasteiger partial charge in [0.25, 0.3) is 0 Å². The Hall–Kier alpha value is -6.71. The van der Waals surface area contributed by atoms with E-state index in [2.05, 4.69) is 190 Å². The predicted molar refractivity (Wildman–Crippen MR) is 238 cm³/mol. The number of hydrogen-bond donors (Lipinski definition) is 1. The average molecular weight is 714 g/mol. The van der Waals surface area contributed by atoms with Crippen LogP contribution in [-0.2, 0) is 0 Å². The number of amidine groups is 1. The molecule has 1 aromatic heterocycles. The summed E-state index contributed by atoms with van der Waals surface area (Å²) in [5.41, 5.74) is 18.0. The molecule has 0 radical (unpaired) electrons. The molecule has 2 aliphatic rings. The third-order valence-corrected chi connectivity index (χ3v) is 10.4. The number of nitrogens with zero attached hydrogens (tertiary/aromatic N) is 2. The number of aromatic nitrogens is 1. The van der Waals surface area contributed by atoms with Crippen LogP contribution in [0.1, 0.15) is 30.5 Å². The molecule has 0 spiro atoms. The van der Waals surface area contributed by atoms with Crippen LogP contribution in [0.25, 0.3) is 38.6 Å². The van der Waals surface area contributed by atoms with E-state index in [1.54, 1.807) is 0 Å². The number of nitrogens with two attached hydrogens (primary N) is 1. The van der Waals surface area contributed by atoms with Gasteiger partial charge in [0.1, 0.15) is 5.84 Å². The van der Waals surface area contributed by atoms with Crippen LogP contribution in [0.3, 0.4) is 0 Å².